The van der Waals surface area contributed by atoms with Gasteiger partial charge in [-0.15, -0.1) is 0 Å². The molecule has 1 aromatic carbocycles. The highest BCUT2D eigenvalue weighted by Crippen LogP contribution is 2.36. The molecule has 0 spiro atoms. The molecule has 2 aliphatic heterocycles. The van der Waals surface area contributed by atoms with Gasteiger partial charge in [-0.05, 0) is 58.1 Å². The Hall–Kier alpha value is -2.35. The van der Waals surface area contributed by atoms with Crippen LogP contribution in [0.3, 0.4) is 0 Å². The second-order valence-electron chi connectivity index (χ2n) is 9.60. The Bertz CT molecular complexity index is 1130. The van der Waals surface area contributed by atoms with Crippen molar-refractivity contribution >= 4 is 28.6 Å². The molecule has 2 aliphatic rings. The van der Waals surface area contributed by atoms with Crippen molar-refractivity contribution in [3.8, 4) is 5.75 Å². The van der Waals surface area contributed by atoms with Gasteiger partial charge in [0.15, 0.2) is 5.75 Å². The molecule has 0 aliphatic carbocycles. The summed E-state index contributed by atoms with van der Waals surface area (Å²) in [6.07, 6.45) is 3.39. The molecule has 9 nitrogen and oxygen atoms in total. The monoisotopic (exact) mass is 510 g/mol. The van der Waals surface area contributed by atoms with Crippen molar-refractivity contribution in [2.24, 2.45) is 0 Å². The van der Waals surface area contributed by atoms with E-state index in [9.17, 15) is 17.2 Å². The number of nitrogens with one attached hydrogen (secondary N) is 1. The van der Waals surface area contributed by atoms with Crippen LogP contribution < -0.4 is 15.5 Å². The number of hydrogen-bond donors (Lipinski definition) is 1. The molecule has 0 saturated carbocycles. The summed E-state index contributed by atoms with van der Waals surface area (Å²) in [7, 11) is -4.36. The van der Waals surface area contributed by atoms with Crippen LogP contribution in [0.5, 0.6) is 5.75 Å². The summed E-state index contributed by atoms with van der Waals surface area (Å²) in [4.78, 5) is 8.13. The highest BCUT2D eigenvalue weighted by Gasteiger charge is 2.51. The van der Waals surface area contributed by atoms with E-state index in [4.69, 9.17) is 9.31 Å². The number of piperidine rings is 1. The molecule has 13 heteroatoms. The Morgan fingerprint density at radius 3 is 2.29 bits per heavy atom. The Kier molecular flexibility index (Phi) is 7.06. The van der Waals surface area contributed by atoms with Crippen LogP contribution in [0.25, 0.3) is 0 Å². The zero-order valence-electron chi connectivity index (χ0n) is 20.1. The van der Waals surface area contributed by atoms with Crippen molar-refractivity contribution in [3.05, 3.63) is 36.7 Å². The third-order valence-corrected chi connectivity index (χ3v) is 8.56. The summed E-state index contributed by atoms with van der Waals surface area (Å²) in [5.41, 5.74) is -0.402. The lowest BCUT2D eigenvalue weighted by atomic mass is 9.79. The van der Waals surface area contributed by atoms with E-state index in [2.05, 4.69) is 20.0 Å². The molecule has 35 heavy (non-hydrogen) atoms. The Morgan fingerprint density at radius 1 is 1.11 bits per heavy atom. The van der Waals surface area contributed by atoms with E-state index in [1.807, 2.05) is 27.7 Å². The van der Waals surface area contributed by atoms with Gasteiger partial charge in [0.2, 0.25) is 16.0 Å². The van der Waals surface area contributed by atoms with E-state index in [0.29, 0.717) is 31.4 Å². The fourth-order valence-corrected chi connectivity index (χ4v) is 5.45. The average Bonchev–Trinajstić information content (AvgIpc) is 3.02. The van der Waals surface area contributed by atoms with E-state index in [1.165, 1.54) is 4.31 Å². The van der Waals surface area contributed by atoms with Gasteiger partial charge in [0, 0.05) is 19.1 Å². The quantitative estimate of drug-likeness (QED) is 0.568. The molecule has 4 rings (SSSR count). The predicted octanol–water partition coefficient (Wildman–Crippen LogP) is 2.64. The fraction of sp³-hybridized carbons (Fsp3) is 0.545. The Labute approximate surface area is 204 Å². The van der Waals surface area contributed by atoms with E-state index >= 15 is 0 Å². The second kappa shape index (κ2) is 9.60. The predicted molar refractivity (Wildman–Crippen MR) is 126 cm³/mol. The topological polar surface area (TPSA) is 103 Å². The van der Waals surface area contributed by atoms with Gasteiger partial charge in [0.1, 0.15) is 0 Å². The van der Waals surface area contributed by atoms with Gasteiger partial charge >= 0.3 is 13.7 Å². The zero-order valence-corrected chi connectivity index (χ0v) is 20.9. The van der Waals surface area contributed by atoms with Crippen molar-refractivity contribution in [1.29, 1.82) is 0 Å². The first kappa shape index (κ1) is 25.7. The van der Waals surface area contributed by atoms with Gasteiger partial charge in [-0.3, -0.25) is 0 Å². The van der Waals surface area contributed by atoms with Gasteiger partial charge in [-0.25, -0.2) is 18.4 Å². The molecule has 2 aromatic rings. The molecule has 0 radical (unpaired) electrons. The molecule has 1 N–H and O–H groups in total. The number of ether oxygens (including phenoxy) is 1. The van der Waals surface area contributed by atoms with Gasteiger partial charge in [-0.2, -0.15) is 13.1 Å². The van der Waals surface area contributed by atoms with Crippen LogP contribution in [0.2, 0.25) is 0 Å². The fourth-order valence-electron chi connectivity index (χ4n) is 3.93. The summed E-state index contributed by atoms with van der Waals surface area (Å²) in [6, 6.07) is 6.62. The van der Waals surface area contributed by atoms with E-state index in [0.717, 1.165) is 12.4 Å². The van der Waals surface area contributed by atoms with Crippen LogP contribution >= 0.6 is 0 Å². The van der Waals surface area contributed by atoms with E-state index < -0.39 is 35.0 Å². The number of sulfonamides is 1. The third-order valence-electron chi connectivity index (χ3n) is 6.66. The highest BCUT2D eigenvalue weighted by molar-refractivity contribution is 7.89. The zero-order chi connectivity index (χ0) is 25.4. The summed E-state index contributed by atoms with van der Waals surface area (Å²) in [5.74, 6) is 0.136. The van der Waals surface area contributed by atoms with Crippen molar-refractivity contribution in [1.82, 2.24) is 14.3 Å². The first-order valence-corrected chi connectivity index (χ1v) is 12.8. The smallest absolute Gasteiger partial charge is 0.432 e. The van der Waals surface area contributed by atoms with Crippen molar-refractivity contribution < 1.29 is 31.2 Å². The van der Waals surface area contributed by atoms with E-state index in [1.54, 1.807) is 24.3 Å². The Morgan fingerprint density at radius 2 is 1.71 bits per heavy atom. The molecule has 2 fully saturated rings. The van der Waals surface area contributed by atoms with Crippen LogP contribution in [0.1, 0.15) is 40.5 Å². The molecule has 0 unspecified atom stereocenters. The molecular formula is C22H29BF2N4O5S. The largest absolute Gasteiger partial charge is 0.494 e. The lowest BCUT2D eigenvalue weighted by molar-refractivity contribution is -0.0503. The summed E-state index contributed by atoms with van der Waals surface area (Å²) in [6.45, 7) is 5.47. The van der Waals surface area contributed by atoms with Crippen LogP contribution in [0, 0.1) is 0 Å². The van der Waals surface area contributed by atoms with Crippen LogP contribution in [0.15, 0.2) is 41.6 Å². The van der Waals surface area contributed by atoms with Crippen molar-refractivity contribution in [2.75, 3.05) is 18.4 Å². The number of halogens is 2. The second-order valence-corrected chi connectivity index (χ2v) is 11.5. The summed E-state index contributed by atoms with van der Waals surface area (Å²) < 4.78 is 69.0. The van der Waals surface area contributed by atoms with Crippen LogP contribution in [-0.4, -0.2) is 66.8 Å². The number of rotatable bonds is 7. The lowest BCUT2D eigenvalue weighted by Crippen LogP contribution is -2.43. The van der Waals surface area contributed by atoms with Gasteiger partial charge in [0.05, 0.1) is 28.5 Å². The number of anilines is 1. The first-order chi connectivity index (χ1) is 16.4. The number of aromatic nitrogens is 2. The molecule has 0 bridgehead atoms. The maximum Gasteiger partial charge on any atom is 0.494 e. The summed E-state index contributed by atoms with van der Waals surface area (Å²) in [5, 5.41) is 3.11. The first-order valence-electron chi connectivity index (χ1n) is 11.4. The molecule has 0 atom stereocenters. The maximum atomic E-state index is 13.3. The average molecular weight is 510 g/mol. The van der Waals surface area contributed by atoms with Crippen LogP contribution in [-0.2, 0) is 19.3 Å². The van der Waals surface area contributed by atoms with E-state index in [-0.39, 0.29) is 22.6 Å². The van der Waals surface area contributed by atoms with Crippen molar-refractivity contribution in [3.63, 3.8) is 0 Å². The maximum absolute atomic E-state index is 13.3. The number of hydrogen-bond acceptors (Lipinski definition) is 8. The molecule has 2 saturated heterocycles. The number of benzene rings is 1. The minimum Gasteiger partial charge on any atom is -0.432 e. The molecule has 3 heterocycles. The minimum atomic E-state index is -3.71. The minimum absolute atomic E-state index is 0.0561. The molecular weight excluding hydrogens is 481 g/mol. The van der Waals surface area contributed by atoms with Crippen LogP contribution in [0.4, 0.5) is 14.7 Å². The highest BCUT2D eigenvalue weighted by atomic mass is 32.2. The number of alkyl halides is 2. The molecule has 1 aromatic heterocycles. The number of nitrogens with zero attached hydrogens (tertiary/aromatic N) is 3. The lowest BCUT2D eigenvalue weighted by Gasteiger charge is -2.32. The molecule has 0 amide bonds. The molecule has 190 valence electrons. The van der Waals surface area contributed by atoms with Gasteiger partial charge in [-0.1, -0.05) is 12.1 Å². The SMILES string of the molecule is CC1(C)OB(c2cccc(S(=O)(=O)N3CCC(Nc4ncc(OC(F)F)cn4)CC3)c2)OC1(C)C. The van der Waals surface area contributed by atoms with Gasteiger partial charge < -0.3 is 19.4 Å². The normalized spacial score (nSPS) is 20.8. The van der Waals surface area contributed by atoms with Crippen molar-refractivity contribution in [2.45, 2.75) is 69.3 Å². The summed E-state index contributed by atoms with van der Waals surface area (Å²) >= 11 is 0. The van der Waals surface area contributed by atoms with Gasteiger partial charge in [0.25, 0.3) is 0 Å². The standard InChI is InChI=1S/C22H29BF2N4O5S/c1-21(2)22(3,4)34-23(33-21)15-6-5-7-18(12-15)35(30,31)29-10-8-16(9-11-29)28-20-26-13-17(14-27-20)32-19(24)25/h5-7,12-14,16,19H,8-11H2,1-4H3,(H,26,27,28). The Balaban J connectivity index is 1.38. The third kappa shape index (κ3) is 5.58.